The molecule has 0 rings (SSSR count). The molecule has 3 N–H and O–H groups in total. The Hall–Kier alpha value is -6.36. The first kappa shape index (κ1) is 95.6. The fourth-order valence-corrected chi connectivity index (χ4v) is 10.3. The first-order chi connectivity index (χ1) is 49.7. The number of phosphoric acid groups is 2. The van der Waals surface area contributed by atoms with Gasteiger partial charge < -0.3 is 33.8 Å². The second kappa shape index (κ2) is 73.0. The third kappa shape index (κ3) is 72.0. The second-order valence-electron chi connectivity index (χ2n) is 23.8. The maximum atomic E-state index is 13.1. The predicted octanol–water partition coefficient (Wildman–Crippen LogP) is 21.5. The summed E-state index contributed by atoms with van der Waals surface area (Å²) in [7, 11) is -10.0. The van der Waals surface area contributed by atoms with Crippen LogP contribution >= 0.6 is 15.6 Å². The maximum absolute atomic E-state index is 13.1. The highest BCUT2D eigenvalue weighted by molar-refractivity contribution is 7.47. The third-order valence-electron chi connectivity index (χ3n) is 14.2. The summed E-state index contributed by atoms with van der Waals surface area (Å²) in [4.78, 5) is 72.7. The van der Waals surface area contributed by atoms with Crippen molar-refractivity contribution in [3.63, 3.8) is 0 Å². The van der Waals surface area contributed by atoms with E-state index in [1.54, 1.807) is 12.2 Å². The van der Waals surface area contributed by atoms with Crippen LogP contribution in [0.3, 0.4) is 0 Å². The van der Waals surface area contributed by atoms with Gasteiger partial charge in [0.1, 0.15) is 19.3 Å². The number of allylic oxidation sites excluding steroid dienone is 33. The Labute approximate surface area is 614 Å². The Morgan fingerprint density at radius 1 is 0.294 bits per heavy atom. The van der Waals surface area contributed by atoms with E-state index in [4.69, 9.17) is 37.0 Å². The Morgan fingerprint density at radius 2 is 0.559 bits per heavy atom. The van der Waals surface area contributed by atoms with Gasteiger partial charge in [0.25, 0.3) is 0 Å². The third-order valence-corrected chi connectivity index (χ3v) is 16.1. The first-order valence-corrected chi connectivity index (χ1v) is 40.3. The number of esters is 4. The molecule has 0 aromatic heterocycles. The summed E-state index contributed by atoms with van der Waals surface area (Å²) >= 11 is 0. The molecule has 0 aromatic carbocycles. The van der Waals surface area contributed by atoms with Gasteiger partial charge >= 0.3 is 39.5 Å². The van der Waals surface area contributed by atoms with Gasteiger partial charge in [-0.2, -0.15) is 0 Å². The predicted molar refractivity (Wildman–Crippen MR) is 417 cm³/mol. The normalized spacial score (nSPS) is 15.1. The zero-order valence-corrected chi connectivity index (χ0v) is 64.0. The fourth-order valence-electron chi connectivity index (χ4n) is 8.70. The van der Waals surface area contributed by atoms with Crippen LogP contribution in [-0.2, 0) is 65.4 Å². The number of carbonyl (C=O) groups excluding carboxylic acids is 4. The van der Waals surface area contributed by atoms with Crippen molar-refractivity contribution in [3.8, 4) is 0 Å². The number of hydrogen-bond donors (Lipinski definition) is 3. The standard InChI is InChI=1S/C83H128O17P2/c1-5-9-13-17-21-25-29-33-36-38-41-44-47-51-55-59-63-67-80(85)93-73-78(99-82(87)69-65-61-57-53-49-43-32-28-24-20-16-12-8-4)75-97-101(89,90)95-71-77(84)72-96-102(91,92)98-76-79(100-83(88)70-66-62-58-54-50-46-40-35-31-27-23-19-15-11-7-3)74-94-81(86)68-64-60-56-52-48-45-42-39-37-34-30-26-22-18-14-10-6-2/h9-11,13-16,20-23,25-28,32-37,40-42,44-45,50-52,54-56,62,66,77-79,84H,5-8,12,17-19,24,29-31,38-39,43,46-49,53,57-61,63-65,67-76H2,1-4H3,(H,89,90)(H,91,92)/b13-9-,14-10-,15-11-,20-16-,25-21-,26-22-,27-23-,32-28-,36-33-,37-34-,40-35-,44-41-,45-42-,54-50-,55-51-,56-52-,66-62-. The molecule has 572 valence electrons. The minimum absolute atomic E-state index is 0.0533. The van der Waals surface area contributed by atoms with Crippen LogP contribution in [0.5, 0.6) is 0 Å². The Kier molecular flexibility index (Phi) is 68.4. The van der Waals surface area contributed by atoms with Gasteiger partial charge in [-0.15, -0.1) is 0 Å². The van der Waals surface area contributed by atoms with E-state index in [9.17, 15) is 43.2 Å². The van der Waals surface area contributed by atoms with Crippen molar-refractivity contribution in [3.05, 3.63) is 207 Å². The zero-order chi connectivity index (χ0) is 74.6. The molecule has 0 saturated carbocycles. The van der Waals surface area contributed by atoms with Gasteiger partial charge in [0.2, 0.25) is 0 Å². The molecule has 0 amide bonds. The SMILES string of the molecule is CC/C=C\C/C=C\C/C=C\C/C=C\C/C=C\CCCC(=O)OCC(COP(=O)(O)OCC(O)COP(=O)(O)OCC(COC(=O)CCC/C=C\C/C=C\C/C=C\C/C=C\C/C=C\CC)OC(=O)CCCCCCC/C=C\C/C=C\CCC)OC(=O)C/C=C\C/C=C\C/C=C\C/C=C\C/C=C\CC. The van der Waals surface area contributed by atoms with Gasteiger partial charge in [-0.1, -0.05) is 260 Å². The van der Waals surface area contributed by atoms with Crippen molar-refractivity contribution in [2.75, 3.05) is 39.6 Å². The van der Waals surface area contributed by atoms with Crippen LogP contribution in [0.15, 0.2) is 207 Å². The van der Waals surface area contributed by atoms with Crippen molar-refractivity contribution in [2.45, 2.75) is 251 Å². The van der Waals surface area contributed by atoms with Gasteiger partial charge in [0.05, 0.1) is 32.8 Å². The number of unbranched alkanes of at least 4 members (excludes halogenated alkanes) is 8. The molecular formula is C83H128O17P2. The van der Waals surface area contributed by atoms with Gasteiger partial charge in [-0.3, -0.25) is 37.3 Å². The monoisotopic (exact) mass is 1460 g/mol. The van der Waals surface area contributed by atoms with Crippen LogP contribution in [-0.4, -0.2) is 96.7 Å². The average Bonchev–Trinajstić information content (AvgIpc) is 0.939. The summed E-state index contributed by atoms with van der Waals surface area (Å²) in [6, 6.07) is 0. The van der Waals surface area contributed by atoms with Crippen LogP contribution in [0, 0.1) is 0 Å². The van der Waals surface area contributed by atoms with E-state index in [1.807, 2.05) is 36.5 Å². The molecule has 0 bridgehead atoms. The molecule has 0 aliphatic rings. The van der Waals surface area contributed by atoms with Crippen LogP contribution < -0.4 is 0 Å². The summed E-state index contributed by atoms with van der Waals surface area (Å²) in [5.74, 6) is -2.51. The summed E-state index contributed by atoms with van der Waals surface area (Å²) < 4.78 is 68.1. The molecule has 0 aromatic rings. The summed E-state index contributed by atoms with van der Waals surface area (Å²) in [6.45, 7) is 4.14. The Morgan fingerprint density at radius 3 is 0.902 bits per heavy atom. The van der Waals surface area contributed by atoms with E-state index < -0.39 is 97.5 Å². The molecule has 0 radical (unpaired) electrons. The minimum atomic E-state index is -5.03. The number of phosphoric ester groups is 2. The molecule has 0 fully saturated rings. The van der Waals surface area contributed by atoms with E-state index in [1.165, 1.54) is 0 Å². The summed E-state index contributed by atoms with van der Waals surface area (Å²) in [6.07, 6.45) is 90.2. The number of ether oxygens (including phenoxy) is 4. The molecule has 0 heterocycles. The van der Waals surface area contributed by atoms with Gasteiger partial charge in [0, 0.05) is 19.3 Å². The number of carbonyl (C=O) groups is 4. The van der Waals surface area contributed by atoms with Gasteiger partial charge in [0.15, 0.2) is 12.2 Å². The van der Waals surface area contributed by atoms with Crippen LogP contribution in [0.1, 0.15) is 233 Å². The Balaban J connectivity index is 5.55. The van der Waals surface area contributed by atoms with Crippen LogP contribution in [0.25, 0.3) is 0 Å². The lowest BCUT2D eigenvalue weighted by Gasteiger charge is -2.21. The first-order valence-electron chi connectivity index (χ1n) is 37.3. The average molecular weight is 1460 g/mol. The molecule has 0 aliphatic carbocycles. The molecule has 5 unspecified atom stereocenters. The summed E-state index contributed by atoms with van der Waals surface area (Å²) in [5, 5.41) is 10.6. The molecule has 0 aliphatic heterocycles. The second-order valence-corrected chi connectivity index (χ2v) is 26.7. The van der Waals surface area contributed by atoms with Crippen molar-refractivity contribution < 1.29 is 80.2 Å². The lowest BCUT2D eigenvalue weighted by molar-refractivity contribution is -0.161. The van der Waals surface area contributed by atoms with Crippen molar-refractivity contribution in [1.29, 1.82) is 0 Å². The zero-order valence-electron chi connectivity index (χ0n) is 62.2. The van der Waals surface area contributed by atoms with Crippen LogP contribution in [0.4, 0.5) is 0 Å². The van der Waals surface area contributed by atoms with E-state index >= 15 is 0 Å². The number of hydrogen-bond acceptors (Lipinski definition) is 15. The largest absolute Gasteiger partial charge is 0.472 e. The lowest BCUT2D eigenvalue weighted by atomic mass is 10.1. The Bertz CT molecular complexity index is 2750. The highest BCUT2D eigenvalue weighted by Crippen LogP contribution is 2.45. The highest BCUT2D eigenvalue weighted by atomic mass is 31.2. The van der Waals surface area contributed by atoms with E-state index in [0.717, 1.165) is 141 Å². The van der Waals surface area contributed by atoms with Gasteiger partial charge in [-0.25, -0.2) is 9.13 Å². The molecule has 102 heavy (non-hydrogen) atoms. The minimum Gasteiger partial charge on any atom is -0.462 e. The lowest BCUT2D eigenvalue weighted by Crippen LogP contribution is -2.30. The molecule has 19 heteroatoms. The van der Waals surface area contributed by atoms with E-state index in [0.29, 0.717) is 38.5 Å². The van der Waals surface area contributed by atoms with Gasteiger partial charge in [-0.05, 0) is 154 Å². The molecular weight excluding hydrogens is 1330 g/mol. The van der Waals surface area contributed by atoms with Crippen molar-refractivity contribution in [2.24, 2.45) is 0 Å². The van der Waals surface area contributed by atoms with E-state index in [2.05, 4.69) is 186 Å². The number of rotatable bonds is 67. The van der Waals surface area contributed by atoms with Crippen molar-refractivity contribution in [1.82, 2.24) is 0 Å². The fraction of sp³-hybridized carbons (Fsp3) is 0.542. The highest BCUT2D eigenvalue weighted by Gasteiger charge is 2.30. The smallest absolute Gasteiger partial charge is 0.462 e. The molecule has 5 atom stereocenters. The quantitative estimate of drug-likeness (QED) is 0.0169. The molecule has 0 spiro atoms. The molecule has 17 nitrogen and oxygen atoms in total. The number of aliphatic hydroxyl groups is 1. The van der Waals surface area contributed by atoms with E-state index in [-0.39, 0.29) is 25.7 Å². The topological polar surface area (TPSA) is 237 Å². The molecule has 0 saturated heterocycles. The summed E-state index contributed by atoms with van der Waals surface area (Å²) in [5.41, 5.74) is 0. The maximum Gasteiger partial charge on any atom is 0.472 e. The van der Waals surface area contributed by atoms with Crippen LogP contribution in [0.2, 0.25) is 0 Å². The van der Waals surface area contributed by atoms with Crippen molar-refractivity contribution >= 4 is 39.5 Å². The number of aliphatic hydroxyl groups excluding tert-OH is 1.